The van der Waals surface area contributed by atoms with Crippen molar-refractivity contribution in [3.8, 4) is 5.69 Å². The van der Waals surface area contributed by atoms with Crippen LogP contribution < -0.4 is 0 Å². The SMILES string of the molecule is Cc1nn(-c2ccc(Cl)c(Cl)c2)c(C)c1CO. The van der Waals surface area contributed by atoms with E-state index in [9.17, 15) is 5.11 Å². The Labute approximate surface area is 110 Å². The molecule has 0 fully saturated rings. The lowest BCUT2D eigenvalue weighted by atomic mass is 10.2. The zero-order chi connectivity index (χ0) is 12.6. The summed E-state index contributed by atoms with van der Waals surface area (Å²) in [4.78, 5) is 0. The van der Waals surface area contributed by atoms with Gasteiger partial charge in [-0.2, -0.15) is 5.10 Å². The molecule has 0 saturated heterocycles. The molecule has 0 bridgehead atoms. The molecule has 0 radical (unpaired) electrons. The molecular weight excluding hydrogens is 259 g/mol. The highest BCUT2D eigenvalue weighted by molar-refractivity contribution is 6.42. The van der Waals surface area contributed by atoms with Crippen LogP contribution in [0.2, 0.25) is 10.0 Å². The largest absolute Gasteiger partial charge is 0.392 e. The normalized spacial score (nSPS) is 10.9. The maximum atomic E-state index is 9.26. The van der Waals surface area contributed by atoms with Gasteiger partial charge in [0.25, 0.3) is 0 Å². The summed E-state index contributed by atoms with van der Waals surface area (Å²) in [6.45, 7) is 3.76. The highest BCUT2D eigenvalue weighted by atomic mass is 35.5. The van der Waals surface area contributed by atoms with E-state index in [4.69, 9.17) is 23.2 Å². The first kappa shape index (κ1) is 12.4. The van der Waals surface area contributed by atoms with Crippen molar-refractivity contribution in [3.05, 3.63) is 45.2 Å². The van der Waals surface area contributed by atoms with Crippen molar-refractivity contribution in [1.29, 1.82) is 0 Å². The average Bonchev–Trinajstić information content (AvgIpc) is 2.58. The van der Waals surface area contributed by atoms with E-state index in [1.165, 1.54) is 0 Å². The van der Waals surface area contributed by atoms with Crippen LogP contribution in [0.4, 0.5) is 0 Å². The number of benzene rings is 1. The second-order valence-corrected chi connectivity index (χ2v) is 4.63. The lowest BCUT2D eigenvalue weighted by Gasteiger charge is -2.06. The van der Waals surface area contributed by atoms with Gasteiger partial charge < -0.3 is 5.11 Å². The molecule has 90 valence electrons. The van der Waals surface area contributed by atoms with Crippen molar-refractivity contribution in [3.63, 3.8) is 0 Å². The topological polar surface area (TPSA) is 38.0 Å². The number of hydrogen-bond acceptors (Lipinski definition) is 2. The van der Waals surface area contributed by atoms with Gasteiger partial charge in [-0.05, 0) is 32.0 Å². The van der Waals surface area contributed by atoms with E-state index in [1.807, 2.05) is 19.9 Å². The molecule has 1 heterocycles. The van der Waals surface area contributed by atoms with E-state index < -0.39 is 0 Å². The first-order valence-corrected chi connectivity index (χ1v) is 5.91. The Morgan fingerprint density at radius 3 is 2.47 bits per heavy atom. The minimum Gasteiger partial charge on any atom is -0.392 e. The third kappa shape index (κ3) is 2.18. The molecule has 0 unspecified atom stereocenters. The third-order valence-electron chi connectivity index (χ3n) is 2.75. The monoisotopic (exact) mass is 270 g/mol. The number of hydrogen-bond donors (Lipinski definition) is 1. The summed E-state index contributed by atoms with van der Waals surface area (Å²) in [5, 5.41) is 14.6. The van der Waals surface area contributed by atoms with Crippen LogP contribution in [0.5, 0.6) is 0 Å². The van der Waals surface area contributed by atoms with Gasteiger partial charge in [-0.1, -0.05) is 23.2 Å². The molecule has 0 saturated carbocycles. The number of aryl methyl sites for hydroxylation is 1. The Balaban J connectivity index is 2.57. The van der Waals surface area contributed by atoms with Gasteiger partial charge in [-0.15, -0.1) is 0 Å². The van der Waals surface area contributed by atoms with Crippen LogP contribution in [0.3, 0.4) is 0 Å². The number of aliphatic hydroxyl groups is 1. The van der Waals surface area contributed by atoms with Crippen LogP contribution in [0, 0.1) is 13.8 Å². The third-order valence-corrected chi connectivity index (χ3v) is 3.49. The summed E-state index contributed by atoms with van der Waals surface area (Å²) in [5.41, 5.74) is 3.40. The summed E-state index contributed by atoms with van der Waals surface area (Å²) in [6, 6.07) is 5.33. The van der Waals surface area contributed by atoms with E-state index in [0.717, 1.165) is 22.6 Å². The van der Waals surface area contributed by atoms with Crippen LogP contribution in [0.25, 0.3) is 5.69 Å². The first-order chi connectivity index (χ1) is 8.04. The Bertz CT molecular complexity index is 564. The summed E-state index contributed by atoms with van der Waals surface area (Å²) < 4.78 is 1.75. The molecule has 2 rings (SSSR count). The predicted octanol–water partition coefficient (Wildman–Crippen LogP) is 3.29. The number of aliphatic hydroxyl groups excluding tert-OH is 1. The Hall–Kier alpha value is -1.03. The van der Waals surface area contributed by atoms with Gasteiger partial charge in [0.2, 0.25) is 0 Å². The summed E-state index contributed by atoms with van der Waals surface area (Å²) in [7, 11) is 0. The van der Waals surface area contributed by atoms with Crippen LogP contribution >= 0.6 is 23.2 Å². The molecular formula is C12H12Cl2N2O. The van der Waals surface area contributed by atoms with E-state index in [2.05, 4.69) is 5.10 Å². The summed E-state index contributed by atoms with van der Waals surface area (Å²) >= 11 is 11.8. The minimum absolute atomic E-state index is 0.0149. The molecule has 0 spiro atoms. The predicted molar refractivity (Wildman–Crippen MR) is 69.0 cm³/mol. The molecule has 0 amide bonds. The molecule has 0 atom stereocenters. The smallest absolute Gasteiger partial charge is 0.0718 e. The maximum Gasteiger partial charge on any atom is 0.0718 e. The fourth-order valence-corrected chi connectivity index (χ4v) is 2.06. The quantitative estimate of drug-likeness (QED) is 0.910. The zero-order valence-corrected chi connectivity index (χ0v) is 11.0. The number of aromatic nitrogens is 2. The molecule has 0 aliphatic carbocycles. The second kappa shape index (κ2) is 4.69. The van der Waals surface area contributed by atoms with E-state index in [-0.39, 0.29) is 6.61 Å². The van der Waals surface area contributed by atoms with Crippen molar-refractivity contribution >= 4 is 23.2 Å². The second-order valence-electron chi connectivity index (χ2n) is 3.82. The molecule has 1 aromatic carbocycles. The van der Waals surface area contributed by atoms with Crippen LogP contribution in [-0.2, 0) is 6.61 Å². The van der Waals surface area contributed by atoms with Gasteiger partial charge in [0.05, 0.1) is 28.0 Å². The lowest BCUT2D eigenvalue weighted by Crippen LogP contribution is -1.99. The van der Waals surface area contributed by atoms with Gasteiger partial charge in [-0.3, -0.25) is 0 Å². The van der Waals surface area contributed by atoms with Crippen LogP contribution in [-0.4, -0.2) is 14.9 Å². The zero-order valence-electron chi connectivity index (χ0n) is 9.54. The Morgan fingerprint density at radius 1 is 1.24 bits per heavy atom. The molecule has 0 aliphatic heterocycles. The van der Waals surface area contributed by atoms with E-state index in [0.29, 0.717) is 10.0 Å². The van der Waals surface area contributed by atoms with Gasteiger partial charge in [0, 0.05) is 11.3 Å². The Morgan fingerprint density at radius 2 is 1.94 bits per heavy atom. The van der Waals surface area contributed by atoms with E-state index in [1.54, 1.807) is 16.8 Å². The average molecular weight is 271 g/mol. The molecule has 1 aromatic heterocycles. The summed E-state index contributed by atoms with van der Waals surface area (Å²) in [6.07, 6.45) is 0. The highest BCUT2D eigenvalue weighted by Gasteiger charge is 2.12. The maximum absolute atomic E-state index is 9.26. The van der Waals surface area contributed by atoms with Crippen LogP contribution in [0.1, 0.15) is 17.0 Å². The van der Waals surface area contributed by atoms with Crippen molar-refractivity contribution in [2.24, 2.45) is 0 Å². The lowest BCUT2D eigenvalue weighted by molar-refractivity contribution is 0.280. The molecule has 5 heteroatoms. The van der Waals surface area contributed by atoms with Crippen molar-refractivity contribution in [1.82, 2.24) is 9.78 Å². The molecule has 0 aliphatic rings. The van der Waals surface area contributed by atoms with Crippen molar-refractivity contribution in [2.45, 2.75) is 20.5 Å². The minimum atomic E-state index is -0.0149. The molecule has 3 nitrogen and oxygen atoms in total. The summed E-state index contributed by atoms with van der Waals surface area (Å²) in [5.74, 6) is 0. The van der Waals surface area contributed by atoms with Crippen molar-refractivity contribution in [2.75, 3.05) is 0 Å². The van der Waals surface area contributed by atoms with Gasteiger partial charge >= 0.3 is 0 Å². The fourth-order valence-electron chi connectivity index (χ4n) is 1.77. The number of nitrogens with zero attached hydrogens (tertiary/aromatic N) is 2. The van der Waals surface area contributed by atoms with Crippen molar-refractivity contribution < 1.29 is 5.11 Å². The Kier molecular flexibility index (Phi) is 3.43. The highest BCUT2D eigenvalue weighted by Crippen LogP contribution is 2.26. The van der Waals surface area contributed by atoms with Crippen LogP contribution in [0.15, 0.2) is 18.2 Å². The van der Waals surface area contributed by atoms with Gasteiger partial charge in [0.1, 0.15) is 0 Å². The fraction of sp³-hybridized carbons (Fsp3) is 0.250. The molecule has 1 N–H and O–H groups in total. The number of halogens is 2. The standard InChI is InChI=1S/C12H12Cl2N2O/c1-7-10(6-17)8(2)16(15-7)9-3-4-11(13)12(14)5-9/h3-5,17H,6H2,1-2H3. The number of rotatable bonds is 2. The first-order valence-electron chi connectivity index (χ1n) is 5.16. The molecule has 2 aromatic rings. The van der Waals surface area contributed by atoms with E-state index >= 15 is 0 Å². The van der Waals surface area contributed by atoms with Gasteiger partial charge in [-0.25, -0.2) is 4.68 Å². The molecule has 17 heavy (non-hydrogen) atoms. The van der Waals surface area contributed by atoms with Gasteiger partial charge in [0.15, 0.2) is 0 Å².